The molecule has 2 fully saturated rings. The third-order valence-corrected chi connectivity index (χ3v) is 15.4. The zero-order valence-electron chi connectivity index (χ0n) is 44.3. The fourth-order valence-electron chi connectivity index (χ4n) is 10.4. The van der Waals surface area contributed by atoms with Crippen molar-refractivity contribution < 1.29 is 28.7 Å². The van der Waals surface area contributed by atoms with Gasteiger partial charge < -0.3 is 39.4 Å². The van der Waals surface area contributed by atoms with Gasteiger partial charge in [0.1, 0.15) is 29.4 Å². The number of carbonyl (C=O) groups excluding carboxylic acids is 4. The molecule has 2 aromatic heterocycles. The Morgan fingerprint density at radius 2 is 1.55 bits per heavy atom. The first-order chi connectivity index (χ1) is 35.4. The van der Waals surface area contributed by atoms with Crippen LogP contribution >= 0.6 is 23.2 Å². The molecule has 396 valence electrons. The average molecular weight is 1050 g/mol. The molecule has 0 radical (unpaired) electrons. The molecule has 2 N–H and O–H groups in total. The van der Waals surface area contributed by atoms with E-state index in [0.29, 0.717) is 46.5 Å². The van der Waals surface area contributed by atoms with Crippen LogP contribution in [0.5, 0.6) is 11.5 Å². The number of hydrogen-bond donors (Lipinski definition) is 2. The molecule has 7 atom stereocenters. The minimum atomic E-state index is -1.15. The van der Waals surface area contributed by atoms with Crippen molar-refractivity contribution in [3.8, 4) is 22.8 Å². The number of pyridine rings is 1. The van der Waals surface area contributed by atoms with Gasteiger partial charge in [0.25, 0.3) is 0 Å². The van der Waals surface area contributed by atoms with Gasteiger partial charge in [-0.05, 0) is 140 Å². The fourth-order valence-corrected chi connectivity index (χ4v) is 10.7. The lowest BCUT2D eigenvalue weighted by atomic mass is 9.84. The number of fused-ring (bicyclic) bond motifs is 1. The summed E-state index contributed by atoms with van der Waals surface area (Å²) in [4.78, 5) is 76.2. The number of nitrogens with one attached hydrogen (secondary N) is 2. The quantitative estimate of drug-likeness (QED) is 0.118. The van der Waals surface area contributed by atoms with Crippen molar-refractivity contribution in [3.05, 3.63) is 130 Å². The van der Waals surface area contributed by atoms with E-state index in [-0.39, 0.29) is 61.9 Å². The van der Waals surface area contributed by atoms with Gasteiger partial charge in [-0.1, -0.05) is 60.3 Å². The van der Waals surface area contributed by atoms with Gasteiger partial charge in [0.2, 0.25) is 23.6 Å². The summed E-state index contributed by atoms with van der Waals surface area (Å²) in [7, 11) is 11.2. The van der Waals surface area contributed by atoms with Gasteiger partial charge in [0.15, 0.2) is 0 Å². The van der Waals surface area contributed by atoms with E-state index in [4.69, 9.17) is 37.7 Å². The van der Waals surface area contributed by atoms with E-state index in [2.05, 4.69) is 44.0 Å². The second-order valence-electron chi connectivity index (χ2n) is 20.5. The molecule has 1 aliphatic carbocycles. The third-order valence-electron chi connectivity index (χ3n) is 14.9. The van der Waals surface area contributed by atoms with Crippen LogP contribution in [0.4, 0.5) is 0 Å². The molecule has 4 amide bonds. The molecule has 17 heteroatoms. The number of ether oxygens (including phenoxy) is 2. The van der Waals surface area contributed by atoms with Gasteiger partial charge in [0.05, 0.1) is 31.6 Å². The lowest BCUT2D eigenvalue weighted by molar-refractivity contribution is -0.144. The van der Waals surface area contributed by atoms with Crippen LogP contribution in [0.25, 0.3) is 11.3 Å². The fraction of sp³-hybridized carbons (Fsp3) is 0.474. The Kier molecular flexibility index (Phi) is 19.3. The molecule has 2 aliphatic rings. The number of likely N-dealkylation sites (N-methyl/N-ethyl adjacent to an activating group) is 2. The first kappa shape index (κ1) is 55.9. The Morgan fingerprint density at radius 1 is 0.838 bits per heavy atom. The van der Waals surface area contributed by atoms with Crippen LogP contribution in [0.3, 0.4) is 0 Å². The predicted octanol–water partition coefficient (Wildman–Crippen LogP) is 8.27. The molecule has 15 nitrogen and oxygen atoms in total. The van der Waals surface area contributed by atoms with E-state index in [1.54, 1.807) is 43.1 Å². The number of rotatable bonds is 13. The molecular formula is C57H73Cl2N9O6. The van der Waals surface area contributed by atoms with Crippen LogP contribution < -0.4 is 15.4 Å². The monoisotopic (exact) mass is 1050 g/mol. The van der Waals surface area contributed by atoms with E-state index in [9.17, 15) is 14.4 Å². The zero-order valence-corrected chi connectivity index (χ0v) is 45.8. The van der Waals surface area contributed by atoms with Gasteiger partial charge >= 0.3 is 0 Å². The second kappa shape index (κ2) is 25.6. The Morgan fingerprint density at radius 3 is 2.26 bits per heavy atom. The van der Waals surface area contributed by atoms with Gasteiger partial charge in [-0.15, -0.1) is 0 Å². The molecule has 3 heterocycles. The number of benzene rings is 3. The molecule has 0 bridgehead atoms. The van der Waals surface area contributed by atoms with Gasteiger partial charge in [-0.3, -0.25) is 29.1 Å². The number of amides is 4. The van der Waals surface area contributed by atoms with E-state index >= 15 is 4.79 Å². The smallest absolute Gasteiger partial charge is 0.247 e. The van der Waals surface area contributed by atoms with Gasteiger partial charge in [-0.25, -0.2) is 4.98 Å². The highest BCUT2D eigenvalue weighted by Crippen LogP contribution is 2.34. The number of imidazole rings is 1. The minimum Gasteiger partial charge on any atom is -0.457 e. The maximum absolute atomic E-state index is 15.4. The molecule has 1 saturated carbocycles. The van der Waals surface area contributed by atoms with Gasteiger partial charge in [-0.2, -0.15) is 0 Å². The third kappa shape index (κ3) is 14.3. The maximum atomic E-state index is 15.4. The lowest BCUT2D eigenvalue weighted by Crippen LogP contribution is -2.59. The van der Waals surface area contributed by atoms with Crippen LogP contribution in [0, 0.1) is 12.8 Å². The average Bonchev–Trinajstić information content (AvgIpc) is 3.73. The predicted molar refractivity (Wildman–Crippen MR) is 290 cm³/mol. The molecule has 74 heavy (non-hydrogen) atoms. The molecular weight excluding hydrogens is 978 g/mol. The van der Waals surface area contributed by atoms with E-state index in [0.717, 1.165) is 59.7 Å². The molecule has 1 aliphatic heterocycles. The summed E-state index contributed by atoms with van der Waals surface area (Å²) < 4.78 is 14.2. The minimum absolute atomic E-state index is 0.0238. The summed E-state index contributed by atoms with van der Waals surface area (Å²) in [5.74, 6) is 0.192. The van der Waals surface area contributed by atoms with Crippen molar-refractivity contribution in [2.24, 2.45) is 13.0 Å². The van der Waals surface area contributed by atoms with Crippen LogP contribution in [-0.2, 0) is 56.9 Å². The van der Waals surface area contributed by atoms with Crippen molar-refractivity contribution in [2.75, 3.05) is 41.9 Å². The standard InChI is InChI=1S/C57H73Cl2N9O6/c1-36-13-12-14-45(61-36)28-42-29-55(70)68(33-41-19-24-44(59)30-52(41)74-47-25-20-40(21-26-47)51-32-60-53(67(51)8)34-64(4)5)38(3)56(71)63-49(35-73-9)57(72)66(7)46(27-39-17-22-43(58)23-18-39)31-54(69)62-48-15-10-11-16-50(48)65(6)37(42)2/h12-14,17-26,30,32,37-38,42,46,48-50H,10-11,15-16,27-29,31,33-35H2,1-9H3,(H,62,69)(H,63,71)/t37?,38-,42+,46-,48-,49-,50-/m0/s1. The number of nitrogens with zero attached hydrogens (tertiary/aromatic N) is 7. The normalized spacial score (nSPS) is 23.0. The summed E-state index contributed by atoms with van der Waals surface area (Å²) in [6.45, 7) is 6.30. The number of halogens is 2. The van der Waals surface area contributed by atoms with E-state index < -0.39 is 29.9 Å². The Bertz CT molecular complexity index is 2720. The Labute approximate surface area is 446 Å². The summed E-state index contributed by atoms with van der Waals surface area (Å²) in [5.41, 5.74) is 5.15. The SMILES string of the molecule is COC[C@@H]1NC(=O)[C@H](C)N(Cc2ccc(Cl)cc2Oc2ccc(-c3cnc(CN(C)C)n3C)cc2)C(=O)C[C@@H](Cc2cccc(C)n2)C(C)N(C)[C@H]2CCCC[C@@H]2NC(=O)C[C@H](Cc2ccc(Cl)cc2)N(C)C1=O. The lowest BCUT2D eigenvalue weighted by Gasteiger charge is -2.44. The Balaban J connectivity index is 1.26. The highest BCUT2D eigenvalue weighted by atomic mass is 35.5. The highest BCUT2D eigenvalue weighted by molar-refractivity contribution is 6.31. The van der Waals surface area contributed by atoms with Crippen LogP contribution in [0.15, 0.2) is 91.1 Å². The maximum Gasteiger partial charge on any atom is 0.247 e. The Hall–Kier alpha value is -5.84. The number of aromatic nitrogens is 3. The first-order valence-corrected chi connectivity index (χ1v) is 26.4. The van der Waals surface area contributed by atoms with Crippen LogP contribution in [0.2, 0.25) is 10.0 Å². The number of methoxy groups -OCH3 is 1. The molecule has 3 aromatic carbocycles. The summed E-state index contributed by atoms with van der Waals surface area (Å²) in [5, 5.41) is 7.35. The molecule has 0 spiro atoms. The van der Waals surface area contributed by atoms with Gasteiger partial charge in [0, 0.05) is 90.8 Å². The van der Waals surface area contributed by atoms with Crippen molar-refractivity contribution in [1.82, 2.24) is 44.8 Å². The zero-order chi connectivity index (χ0) is 53.2. The van der Waals surface area contributed by atoms with Crippen LogP contribution in [0.1, 0.15) is 80.7 Å². The van der Waals surface area contributed by atoms with Crippen molar-refractivity contribution in [2.45, 2.75) is 121 Å². The highest BCUT2D eigenvalue weighted by Gasteiger charge is 2.39. The number of aryl methyl sites for hydroxylation is 1. The number of hydrogen-bond acceptors (Lipinski definition) is 10. The van der Waals surface area contributed by atoms with Crippen molar-refractivity contribution >= 4 is 46.8 Å². The summed E-state index contributed by atoms with van der Waals surface area (Å²) in [6.07, 6.45) is 6.40. The molecule has 5 aromatic rings. The topological polar surface area (TPSA) is 154 Å². The largest absolute Gasteiger partial charge is 0.457 e. The van der Waals surface area contributed by atoms with E-state index in [1.807, 2.05) is 94.9 Å². The molecule has 1 unspecified atom stereocenters. The van der Waals surface area contributed by atoms with Crippen molar-refractivity contribution in [3.63, 3.8) is 0 Å². The first-order valence-electron chi connectivity index (χ1n) is 25.6. The molecule has 7 rings (SSSR count). The van der Waals surface area contributed by atoms with E-state index in [1.165, 1.54) is 12.0 Å². The summed E-state index contributed by atoms with van der Waals surface area (Å²) in [6, 6.07) is 23.1. The van der Waals surface area contributed by atoms with Crippen LogP contribution in [-0.4, -0.2) is 136 Å². The second-order valence-corrected chi connectivity index (χ2v) is 21.3. The number of carbonyl (C=O) groups is 4. The van der Waals surface area contributed by atoms with Crippen molar-refractivity contribution in [1.29, 1.82) is 0 Å². The molecule has 1 saturated heterocycles. The summed E-state index contributed by atoms with van der Waals surface area (Å²) >= 11 is 12.9.